The average Bonchev–Trinajstić information content (AvgIpc) is 2.54. The number of hydrogen-bond acceptors (Lipinski definition) is 6. The van der Waals surface area contributed by atoms with Gasteiger partial charge in [0.15, 0.2) is 6.10 Å². The van der Waals surface area contributed by atoms with E-state index in [2.05, 4.69) is 4.98 Å². The number of hydrogen-bond donors (Lipinski definition) is 1. The lowest BCUT2D eigenvalue weighted by molar-refractivity contribution is -0.186. The topological polar surface area (TPSA) is 89.0 Å². The highest BCUT2D eigenvalue weighted by Crippen LogP contribution is 2.36. The first kappa shape index (κ1) is 22.1. The Labute approximate surface area is 167 Å². The van der Waals surface area contributed by atoms with Crippen molar-refractivity contribution in [3.05, 3.63) is 29.6 Å². The van der Waals surface area contributed by atoms with Crippen LogP contribution in [0.15, 0.2) is 18.2 Å². The van der Waals surface area contributed by atoms with Gasteiger partial charge in [-0.3, -0.25) is 9.78 Å². The summed E-state index contributed by atoms with van der Waals surface area (Å²) in [5, 5.41) is 11.5. The molecule has 7 heteroatoms. The lowest BCUT2D eigenvalue weighted by Gasteiger charge is -2.44. The van der Waals surface area contributed by atoms with Crippen molar-refractivity contribution in [2.45, 2.75) is 72.2 Å². The Morgan fingerprint density at radius 2 is 1.86 bits per heavy atom. The number of aliphatic hydroxyl groups is 1. The summed E-state index contributed by atoms with van der Waals surface area (Å²) >= 11 is 0. The van der Waals surface area contributed by atoms with E-state index in [1.54, 1.807) is 53.7 Å². The molecule has 156 valence electrons. The number of rotatable bonds is 2. The molecule has 1 aliphatic rings. The molecule has 1 saturated heterocycles. The summed E-state index contributed by atoms with van der Waals surface area (Å²) in [5.74, 6) is -0.449. The van der Waals surface area contributed by atoms with Gasteiger partial charge in [0.05, 0.1) is 17.7 Å². The normalized spacial score (nSPS) is 23.3. The molecule has 0 saturated carbocycles. The largest absolute Gasteiger partial charge is 0.457 e. The summed E-state index contributed by atoms with van der Waals surface area (Å²) in [4.78, 5) is 31.0. The average molecular weight is 392 g/mol. The van der Waals surface area contributed by atoms with Gasteiger partial charge in [-0.2, -0.15) is 0 Å². The van der Waals surface area contributed by atoms with E-state index in [9.17, 15) is 14.7 Å². The van der Waals surface area contributed by atoms with Crippen LogP contribution in [0.5, 0.6) is 0 Å². The van der Waals surface area contributed by atoms with Crippen molar-refractivity contribution >= 4 is 12.1 Å². The third-order valence-electron chi connectivity index (χ3n) is 4.53. The maximum Gasteiger partial charge on any atom is 0.410 e. The van der Waals surface area contributed by atoms with Crippen LogP contribution in [0.25, 0.3) is 0 Å². The zero-order valence-corrected chi connectivity index (χ0v) is 17.9. The van der Waals surface area contributed by atoms with Gasteiger partial charge in [-0.25, -0.2) is 4.79 Å². The first-order valence-electron chi connectivity index (χ1n) is 9.58. The predicted molar refractivity (Wildman–Crippen MR) is 105 cm³/mol. The van der Waals surface area contributed by atoms with Gasteiger partial charge in [0.1, 0.15) is 11.2 Å². The fourth-order valence-electron chi connectivity index (χ4n) is 2.92. The highest BCUT2D eigenvalue weighted by atomic mass is 16.6. The first-order valence-corrected chi connectivity index (χ1v) is 9.58. The van der Waals surface area contributed by atoms with E-state index in [4.69, 9.17) is 9.47 Å². The van der Waals surface area contributed by atoms with Crippen LogP contribution < -0.4 is 0 Å². The molecule has 0 spiro atoms. The number of aryl methyl sites for hydroxylation is 1. The molecule has 1 aromatic heterocycles. The number of pyridine rings is 1. The third kappa shape index (κ3) is 5.22. The molecule has 7 nitrogen and oxygen atoms in total. The standard InChI is InChI=1S/C21H32N2O5/c1-14-9-8-10-15(22-14)21(26)11-12-23(18(25)28-20(5,6)7)13-16(21)27-17(24)19(2,3)4/h8-10,16,26H,11-13H2,1-7H3. The monoisotopic (exact) mass is 392 g/mol. The Kier molecular flexibility index (Phi) is 6.09. The number of likely N-dealkylation sites (tertiary alicyclic amines) is 1. The lowest BCUT2D eigenvalue weighted by Crippen LogP contribution is -2.58. The molecule has 1 fully saturated rings. The lowest BCUT2D eigenvalue weighted by atomic mass is 9.84. The van der Waals surface area contributed by atoms with E-state index in [1.165, 1.54) is 4.90 Å². The fraction of sp³-hybridized carbons (Fsp3) is 0.667. The maximum absolute atomic E-state index is 12.5. The minimum atomic E-state index is -1.48. The molecule has 1 aliphatic heterocycles. The molecule has 1 N–H and O–H groups in total. The molecule has 0 aromatic carbocycles. The van der Waals surface area contributed by atoms with Crippen LogP contribution in [0.3, 0.4) is 0 Å². The van der Waals surface area contributed by atoms with Crippen LogP contribution in [-0.4, -0.2) is 51.8 Å². The van der Waals surface area contributed by atoms with Gasteiger partial charge in [0.2, 0.25) is 0 Å². The number of esters is 1. The Balaban J connectivity index is 2.33. The zero-order chi connectivity index (χ0) is 21.3. The van der Waals surface area contributed by atoms with E-state index in [1.807, 2.05) is 13.0 Å². The Morgan fingerprint density at radius 3 is 2.39 bits per heavy atom. The molecule has 2 unspecified atom stereocenters. The van der Waals surface area contributed by atoms with Crippen LogP contribution in [-0.2, 0) is 19.9 Å². The Hall–Kier alpha value is -2.15. The van der Waals surface area contributed by atoms with Crippen LogP contribution in [0, 0.1) is 12.3 Å². The van der Waals surface area contributed by atoms with E-state index in [-0.39, 0.29) is 19.5 Å². The molecule has 2 atom stereocenters. The second kappa shape index (κ2) is 7.70. The minimum absolute atomic E-state index is 0.0306. The van der Waals surface area contributed by atoms with Gasteiger partial charge in [-0.05, 0) is 60.6 Å². The van der Waals surface area contributed by atoms with Gasteiger partial charge < -0.3 is 19.5 Å². The van der Waals surface area contributed by atoms with E-state index in [0.717, 1.165) is 5.69 Å². The number of aromatic nitrogens is 1. The number of piperidine rings is 1. The van der Waals surface area contributed by atoms with Crippen molar-refractivity contribution in [1.29, 1.82) is 0 Å². The first-order chi connectivity index (χ1) is 12.7. The van der Waals surface area contributed by atoms with Crippen molar-refractivity contribution in [1.82, 2.24) is 9.88 Å². The molecule has 28 heavy (non-hydrogen) atoms. The predicted octanol–water partition coefficient (Wildman–Crippen LogP) is 3.18. The highest BCUT2D eigenvalue weighted by molar-refractivity contribution is 5.76. The highest BCUT2D eigenvalue weighted by Gasteiger charge is 2.49. The fourth-order valence-corrected chi connectivity index (χ4v) is 2.92. The second-order valence-corrected chi connectivity index (χ2v) is 9.41. The number of ether oxygens (including phenoxy) is 2. The van der Waals surface area contributed by atoms with Crippen molar-refractivity contribution < 1.29 is 24.2 Å². The molecule has 1 amide bonds. The van der Waals surface area contributed by atoms with Crippen LogP contribution in [0.1, 0.15) is 59.4 Å². The zero-order valence-electron chi connectivity index (χ0n) is 17.9. The van der Waals surface area contributed by atoms with Crippen molar-refractivity contribution in [2.24, 2.45) is 5.41 Å². The smallest absolute Gasteiger partial charge is 0.410 e. The minimum Gasteiger partial charge on any atom is -0.457 e. The van der Waals surface area contributed by atoms with Crippen molar-refractivity contribution in [3.8, 4) is 0 Å². The molecule has 0 bridgehead atoms. The molecule has 1 aromatic rings. The quantitative estimate of drug-likeness (QED) is 0.778. The molecule has 2 heterocycles. The van der Waals surface area contributed by atoms with E-state index >= 15 is 0 Å². The summed E-state index contributed by atoms with van der Waals surface area (Å²) in [6.45, 7) is 12.7. The van der Waals surface area contributed by atoms with Gasteiger partial charge >= 0.3 is 12.1 Å². The number of amides is 1. The summed E-state index contributed by atoms with van der Waals surface area (Å²) < 4.78 is 11.1. The summed E-state index contributed by atoms with van der Waals surface area (Å²) in [6, 6.07) is 5.35. The third-order valence-corrected chi connectivity index (χ3v) is 4.53. The second-order valence-electron chi connectivity index (χ2n) is 9.41. The SMILES string of the molecule is Cc1cccc(C2(O)CCN(C(=O)OC(C)(C)C)CC2OC(=O)C(C)(C)C)n1. The van der Waals surface area contributed by atoms with E-state index < -0.39 is 34.8 Å². The number of carbonyl (C=O) groups is 2. The summed E-state index contributed by atoms with van der Waals surface area (Å²) in [6.07, 6.45) is -1.26. The molecule has 0 aliphatic carbocycles. The Morgan fingerprint density at radius 1 is 1.21 bits per heavy atom. The van der Waals surface area contributed by atoms with E-state index in [0.29, 0.717) is 5.69 Å². The van der Waals surface area contributed by atoms with Crippen LogP contribution in [0.2, 0.25) is 0 Å². The van der Waals surface area contributed by atoms with Crippen LogP contribution in [0.4, 0.5) is 4.79 Å². The van der Waals surface area contributed by atoms with Gasteiger partial charge in [-0.1, -0.05) is 6.07 Å². The number of nitrogens with zero attached hydrogens (tertiary/aromatic N) is 2. The van der Waals surface area contributed by atoms with Gasteiger partial charge in [0.25, 0.3) is 0 Å². The van der Waals surface area contributed by atoms with Crippen LogP contribution >= 0.6 is 0 Å². The molecular formula is C21H32N2O5. The van der Waals surface area contributed by atoms with Gasteiger partial charge in [0, 0.05) is 18.7 Å². The number of carbonyl (C=O) groups excluding carboxylic acids is 2. The maximum atomic E-state index is 12.5. The molecule has 2 rings (SSSR count). The summed E-state index contributed by atoms with van der Waals surface area (Å²) in [7, 11) is 0. The summed E-state index contributed by atoms with van der Waals surface area (Å²) in [5.41, 5.74) is -1.68. The Bertz CT molecular complexity index is 735. The van der Waals surface area contributed by atoms with Gasteiger partial charge in [-0.15, -0.1) is 0 Å². The van der Waals surface area contributed by atoms with Crippen molar-refractivity contribution in [2.75, 3.05) is 13.1 Å². The molecule has 0 radical (unpaired) electrons. The van der Waals surface area contributed by atoms with Crippen molar-refractivity contribution in [3.63, 3.8) is 0 Å². The molecular weight excluding hydrogens is 360 g/mol.